The largest absolute Gasteiger partial charge is 0.329 e. The molecule has 2 heterocycles. The van der Waals surface area contributed by atoms with Gasteiger partial charge in [-0.25, -0.2) is 0 Å². The summed E-state index contributed by atoms with van der Waals surface area (Å²) in [6, 6.07) is 10.6. The van der Waals surface area contributed by atoms with E-state index in [4.69, 9.17) is 0 Å². The maximum absolute atomic E-state index is 13.0. The molecule has 0 unspecified atom stereocenters. The Hall–Kier alpha value is -1.35. The maximum atomic E-state index is 13.0. The summed E-state index contributed by atoms with van der Waals surface area (Å²) >= 11 is 0. The normalized spacial score (nSPS) is 27.0. The minimum Gasteiger partial charge on any atom is -0.329 e. The average Bonchev–Trinajstić information content (AvgIpc) is 2.49. The van der Waals surface area contributed by atoms with Gasteiger partial charge >= 0.3 is 0 Å². The van der Waals surface area contributed by atoms with Crippen LogP contribution in [0.15, 0.2) is 41.6 Å². The van der Waals surface area contributed by atoms with Crippen molar-refractivity contribution in [3.05, 3.63) is 47.2 Å². The molecule has 0 radical (unpaired) electrons. The van der Waals surface area contributed by atoms with Crippen molar-refractivity contribution in [1.82, 2.24) is 4.90 Å². The van der Waals surface area contributed by atoms with Crippen LogP contribution in [0.4, 0.5) is 0 Å². The number of hydrogen-bond acceptors (Lipinski definition) is 1. The molecule has 1 aromatic carbocycles. The van der Waals surface area contributed by atoms with Gasteiger partial charge in [0, 0.05) is 11.6 Å². The van der Waals surface area contributed by atoms with Crippen LogP contribution in [-0.2, 0) is 0 Å². The summed E-state index contributed by atoms with van der Waals surface area (Å²) in [5, 5.41) is 0. The number of nitrogens with zero attached hydrogens (tertiary/aromatic N) is 1. The summed E-state index contributed by atoms with van der Waals surface area (Å²) in [7, 11) is -1.24. The Kier molecular flexibility index (Phi) is 4.26. The van der Waals surface area contributed by atoms with Crippen molar-refractivity contribution in [3.63, 3.8) is 0 Å². The van der Waals surface area contributed by atoms with E-state index in [1.165, 1.54) is 19.3 Å². The van der Waals surface area contributed by atoms with E-state index < -0.39 is 8.07 Å². The zero-order valence-corrected chi connectivity index (χ0v) is 15.0. The summed E-state index contributed by atoms with van der Waals surface area (Å²) in [5.41, 5.74) is 4.93. The molecule has 0 aliphatic carbocycles. The number of hydrogen-bond donors (Lipinski definition) is 0. The molecular weight excluding hydrogens is 286 g/mol. The molecule has 2 bridgehead atoms. The average molecular weight is 314 g/mol. The molecule has 22 heavy (non-hydrogen) atoms. The van der Waals surface area contributed by atoms with Crippen LogP contribution in [-0.4, -0.2) is 31.0 Å². The number of amides is 1. The zero-order valence-electron chi connectivity index (χ0n) is 14.0. The molecular formula is C19H27NOSi. The molecule has 118 valence electrons. The lowest BCUT2D eigenvalue weighted by Crippen LogP contribution is -2.54. The molecule has 3 rings (SSSR count). The Morgan fingerprint density at radius 2 is 1.86 bits per heavy atom. The summed E-state index contributed by atoms with van der Waals surface area (Å²) in [6.45, 7) is 7.16. The van der Waals surface area contributed by atoms with Crippen molar-refractivity contribution in [2.75, 3.05) is 0 Å². The third-order valence-corrected chi connectivity index (χ3v) is 6.05. The quantitative estimate of drug-likeness (QED) is 0.728. The van der Waals surface area contributed by atoms with Gasteiger partial charge in [-0.05, 0) is 44.2 Å². The Morgan fingerprint density at radius 1 is 1.14 bits per heavy atom. The third-order valence-electron chi connectivity index (χ3n) is 4.81. The fraction of sp³-hybridized carbons (Fsp3) is 0.526. The van der Waals surface area contributed by atoms with Crippen molar-refractivity contribution >= 4 is 14.0 Å². The molecule has 2 fully saturated rings. The standard InChI is InChI=1S/C19H27NOSi/c1-22(2,3)14-16-12-13-17-10-7-11-18(16)20(17)19(21)15-8-5-4-6-9-15/h4-6,8-9,14,17-18H,7,10-13H2,1-3H3/b16-14+/t17-,18+/m1/s1. The van der Waals surface area contributed by atoms with E-state index in [2.05, 4.69) is 30.2 Å². The van der Waals surface area contributed by atoms with Crippen LogP contribution in [0.1, 0.15) is 42.5 Å². The molecule has 1 aromatic rings. The molecule has 1 amide bonds. The lowest BCUT2D eigenvalue weighted by atomic mass is 9.81. The van der Waals surface area contributed by atoms with Gasteiger partial charge in [-0.2, -0.15) is 0 Å². The van der Waals surface area contributed by atoms with Gasteiger partial charge in [0.25, 0.3) is 5.91 Å². The van der Waals surface area contributed by atoms with E-state index in [1.54, 1.807) is 5.57 Å². The minimum atomic E-state index is -1.24. The first-order valence-electron chi connectivity index (χ1n) is 8.55. The van der Waals surface area contributed by atoms with Crippen molar-refractivity contribution in [3.8, 4) is 0 Å². The summed E-state index contributed by atoms with van der Waals surface area (Å²) in [6.07, 6.45) is 5.92. The predicted octanol–water partition coefficient (Wildman–Crippen LogP) is 4.65. The van der Waals surface area contributed by atoms with Gasteiger partial charge in [0.15, 0.2) is 0 Å². The molecule has 2 aliphatic rings. The summed E-state index contributed by atoms with van der Waals surface area (Å²) < 4.78 is 0. The molecule has 2 atom stereocenters. The van der Waals surface area contributed by atoms with Crippen LogP contribution in [0.5, 0.6) is 0 Å². The zero-order chi connectivity index (χ0) is 15.7. The number of carbonyl (C=O) groups is 1. The van der Waals surface area contributed by atoms with Gasteiger partial charge in [0.1, 0.15) is 0 Å². The second-order valence-electron chi connectivity index (χ2n) is 7.80. The van der Waals surface area contributed by atoms with E-state index in [0.29, 0.717) is 12.1 Å². The van der Waals surface area contributed by atoms with E-state index in [0.717, 1.165) is 18.4 Å². The molecule has 0 aromatic heterocycles. The first kappa shape index (κ1) is 15.5. The van der Waals surface area contributed by atoms with Crippen LogP contribution in [0.2, 0.25) is 19.6 Å². The van der Waals surface area contributed by atoms with Crippen molar-refractivity contribution in [1.29, 1.82) is 0 Å². The predicted molar refractivity (Wildman–Crippen MR) is 94.7 cm³/mol. The second-order valence-corrected chi connectivity index (χ2v) is 12.8. The van der Waals surface area contributed by atoms with Crippen LogP contribution in [0.25, 0.3) is 0 Å². The van der Waals surface area contributed by atoms with Gasteiger partial charge < -0.3 is 4.90 Å². The smallest absolute Gasteiger partial charge is 0.254 e. The highest BCUT2D eigenvalue weighted by Gasteiger charge is 2.40. The Bertz CT molecular complexity index is 573. The Labute approximate surface area is 135 Å². The van der Waals surface area contributed by atoms with Gasteiger partial charge in [-0.3, -0.25) is 4.79 Å². The lowest BCUT2D eigenvalue weighted by Gasteiger charge is -2.48. The molecule has 2 nitrogen and oxygen atoms in total. The number of piperidine rings is 2. The molecule has 0 N–H and O–H groups in total. The van der Waals surface area contributed by atoms with Gasteiger partial charge in [-0.1, -0.05) is 49.1 Å². The monoisotopic (exact) mass is 313 g/mol. The first-order chi connectivity index (χ1) is 10.5. The molecule has 0 saturated carbocycles. The second kappa shape index (κ2) is 6.03. The highest BCUT2D eigenvalue weighted by Crippen LogP contribution is 2.38. The topological polar surface area (TPSA) is 20.3 Å². The fourth-order valence-electron chi connectivity index (χ4n) is 3.99. The van der Waals surface area contributed by atoms with E-state index in [-0.39, 0.29) is 5.91 Å². The summed E-state index contributed by atoms with van der Waals surface area (Å²) in [4.78, 5) is 15.3. The van der Waals surface area contributed by atoms with Gasteiger partial charge in [-0.15, -0.1) is 0 Å². The van der Waals surface area contributed by atoms with Crippen LogP contribution in [0, 0.1) is 0 Å². The number of carbonyl (C=O) groups excluding carboxylic acids is 1. The van der Waals surface area contributed by atoms with E-state index in [1.807, 2.05) is 30.3 Å². The molecule has 3 heteroatoms. The molecule has 2 saturated heterocycles. The minimum absolute atomic E-state index is 0.233. The number of rotatable bonds is 2. The van der Waals surface area contributed by atoms with Crippen LogP contribution < -0.4 is 0 Å². The van der Waals surface area contributed by atoms with Crippen molar-refractivity contribution < 1.29 is 4.79 Å². The van der Waals surface area contributed by atoms with Crippen molar-refractivity contribution in [2.45, 2.75) is 63.8 Å². The number of fused-ring (bicyclic) bond motifs is 2. The highest BCUT2D eigenvalue weighted by molar-refractivity contribution is 6.81. The van der Waals surface area contributed by atoms with Gasteiger partial charge in [0.2, 0.25) is 0 Å². The van der Waals surface area contributed by atoms with E-state index in [9.17, 15) is 4.79 Å². The van der Waals surface area contributed by atoms with E-state index >= 15 is 0 Å². The Balaban J connectivity index is 1.92. The Morgan fingerprint density at radius 3 is 2.55 bits per heavy atom. The lowest BCUT2D eigenvalue weighted by molar-refractivity contribution is 0.0419. The first-order valence-corrected chi connectivity index (χ1v) is 12.1. The van der Waals surface area contributed by atoms with Crippen LogP contribution in [0.3, 0.4) is 0 Å². The van der Waals surface area contributed by atoms with Crippen molar-refractivity contribution in [2.24, 2.45) is 0 Å². The fourth-order valence-corrected chi connectivity index (χ4v) is 5.44. The van der Waals surface area contributed by atoms with Gasteiger partial charge in [0.05, 0.1) is 14.1 Å². The SMILES string of the molecule is C[Si](C)(C)/C=C1\CC[C@H]2CCC[C@@H]1N2C(=O)c1ccccc1. The maximum Gasteiger partial charge on any atom is 0.254 e. The highest BCUT2D eigenvalue weighted by atomic mass is 28.3. The molecule has 0 spiro atoms. The number of benzene rings is 1. The molecule has 2 aliphatic heterocycles. The third kappa shape index (κ3) is 3.19. The van der Waals surface area contributed by atoms with Crippen LogP contribution >= 0.6 is 0 Å². The summed E-state index contributed by atoms with van der Waals surface area (Å²) in [5.74, 6) is 0.233.